The van der Waals surface area contributed by atoms with Gasteiger partial charge in [0, 0.05) is 40.9 Å². The summed E-state index contributed by atoms with van der Waals surface area (Å²) in [6.45, 7) is 1.52. The second-order valence-corrected chi connectivity index (χ2v) is 9.61. The fraction of sp³-hybridized carbons (Fsp3) is 0.259. The molecule has 2 heterocycles. The molecule has 174 valence electrons. The van der Waals surface area contributed by atoms with Gasteiger partial charge in [-0.15, -0.1) is 0 Å². The van der Waals surface area contributed by atoms with E-state index in [2.05, 4.69) is 24.3 Å². The fourth-order valence-electron chi connectivity index (χ4n) is 4.42. The van der Waals surface area contributed by atoms with Crippen molar-refractivity contribution < 1.29 is 24.5 Å². The van der Waals surface area contributed by atoms with Crippen LogP contribution in [0.15, 0.2) is 70.5 Å². The van der Waals surface area contributed by atoms with E-state index < -0.39 is 5.97 Å². The van der Waals surface area contributed by atoms with Crippen LogP contribution in [0.4, 0.5) is 0 Å². The molecule has 0 atom stereocenters. The smallest absolute Gasteiger partial charge is 0.306 e. The Morgan fingerprint density at radius 1 is 1.03 bits per heavy atom. The summed E-state index contributed by atoms with van der Waals surface area (Å²) < 4.78 is 0. The van der Waals surface area contributed by atoms with Crippen molar-refractivity contribution in [3.8, 4) is 5.75 Å². The molecule has 3 aromatic carbocycles. The van der Waals surface area contributed by atoms with E-state index in [-0.39, 0.29) is 11.8 Å². The van der Waals surface area contributed by atoms with Crippen molar-refractivity contribution in [1.82, 2.24) is 4.90 Å². The predicted octanol–water partition coefficient (Wildman–Crippen LogP) is 5.19. The zero-order chi connectivity index (χ0) is 23.5. The lowest BCUT2D eigenvalue weighted by Gasteiger charge is -2.29. The lowest BCUT2D eigenvalue weighted by atomic mass is 9.97. The Labute approximate surface area is 202 Å². The van der Waals surface area contributed by atoms with Gasteiger partial charge in [-0.1, -0.05) is 42.1 Å². The monoisotopic (exact) mass is 475 g/mol. The SMILES string of the molecule is O=C(O)C1CCN(C(=O)C=Cc2ccc(Sc3ccc4c(c3)CCOO4)c3ccccc23)CC1. The molecular formula is C27H25NO5S. The van der Waals surface area contributed by atoms with Crippen LogP contribution < -0.4 is 4.89 Å². The van der Waals surface area contributed by atoms with Crippen LogP contribution >= 0.6 is 11.8 Å². The van der Waals surface area contributed by atoms with Gasteiger partial charge in [-0.2, -0.15) is 4.89 Å². The summed E-state index contributed by atoms with van der Waals surface area (Å²) in [5, 5.41) is 11.4. The predicted molar refractivity (Wildman–Crippen MR) is 131 cm³/mol. The number of hydrogen-bond donors (Lipinski definition) is 1. The largest absolute Gasteiger partial charge is 0.481 e. The third-order valence-corrected chi connectivity index (χ3v) is 7.41. The summed E-state index contributed by atoms with van der Waals surface area (Å²) in [6, 6.07) is 18.5. The average molecular weight is 476 g/mol. The van der Waals surface area contributed by atoms with E-state index in [0.717, 1.165) is 43.9 Å². The number of aliphatic carboxylic acids is 1. The zero-order valence-electron chi connectivity index (χ0n) is 18.6. The number of piperidine rings is 1. The van der Waals surface area contributed by atoms with Crippen molar-refractivity contribution in [1.29, 1.82) is 0 Å². The molecule has 0 unspecified atom stereocenters. The van der Waals surface area contributed by atoms with Gasteiger partial charge in [-0.25, -0.2) is 0 Å². The molecule has 0 radical (unpaired) electrons. The third-order valence-electron chi connectivity index (χ3n) is 6.34. The molecule has 0 aromatic heterocycles. The highest BCUT2D eigenvalue weighted by Gasteiger charge is 2.26. The first kappa shape index (κ1) is 22.5. The van der Waals surface area contributed by atoms with E-state index in [0.29, 0.717) is 32.5 Å². The van der Waals surface area contributed by atoms with Gasteiger partial charge in [0.2, 0.25) is 5.91 Å². The van der Waals surface area contributed by atoms with Gasteiger partial charge >= 0.3 is 5.97 Å². The number of rotatable bonds is 5. The van der Waals surface area contributed by atoms with Crippen LogP contribution in [0.25, 0.3) is 16.8 Å². The van der Waals surface area contributed by atoms with Crippen molar-refractivity contribution in [2.75, 3.05) is 19.7 Å². The topological polar surface area (TPSA) is 76.1 Å². The second kappa shape index (κ2) is 9.91. The number of nitrogens with zero attached hydrogens (tertiary/aromatic N) is 1. The number of carboxylic acids is 1. The molecule has 2 aliphatic heterocycles. The van der Waals surface area contributed by atoms with E-state index in [1.54, 1.807) is 22.7 Å². The molecule has 1 amide bonds. The van der Waals surface area contributed by atoms with E-state index in [4.69, 9.17) is 14.9 Å². The van der Waals surface area contributed by atoms with Gasteiger partial charge in [0.25, 0.3) is 0 Å². The highest BCUT2D eigenvalue weighted by Crippen LogP contribution is 2.37. The van der Waals surface area contributed by atoms with Gasteiger partial charge < -0.3 is 14.9 Å². The van der Waals surface area contributed by atoms with Gasteiger partial charge in [0.05, 0.1) is 12.5 Å². The summed E-state index contributed by atoms with van der Waals surface area (Å²) in [5.41, 5.74) is 2.12. The minimum absolute atomic E-state index is 0.0772. The molecule has 1 N–H and O–H groups in total. The fourth-order valence-corrected chi connectivity index (χ4v) is 5.44. The van der Waals surface area contributed by atoms with Crippen LogP contribution in [0, 0.1) is 5.92 Å². The number of fused-ring (bicyclic) bond motifs is 2. The maximum absolute atomic E-state index is 12.7. The minimum atomic E-state index is -0.773. The Balaban J connectivity index is 1.34. The first-order chi connectivity index (χ1) is 16.6. The summed E-state index contributed by atoms with van der Waals surface area (Å²) in [7, 11) is 0. The third kappa shape index (κ3) is 4.81. The van der Waals surface area contributed by atoms with Gasteiger partial charge in [0.15, 0.2) is 5.75 Å². The van der Waals surface area contributed by atoms with Crippen molar-refractivity contribution in [3.05, 3.63) is 71.8 Å². The van der Waals surface area contributed by atoms with Crippen molar-refractivity contribution in [2.24, 2.45) is 5.92 Å². The quantitative estimate of drug-likeness (QED) is 0.404. The lowest BCUT2D eigenvalue weighted by molar-refractivity contribution is -0.215. The molecule has 6 nitrogen and oxygen atoms in total. The Hall–Kier alpha value is -3.29. The van der Waals surface area contributed by atoms with Crippen LogP contribution in [0.5, 0.6) is 5.75 Å². The van der Waals surface area contributed by atoms with Crippen molar-refractivity contribution >= 4 is 40.5 Å². The molecule has 5 rings (SSSR count). The van der Waals surface area contributed by atoms with E-state index >= 15 is 0 Å². The minimum Gasteiger partial charge on any atom is -0.481 e. The molecule has 1 fully saturated rings. The van der Waals surface area contributed by atoms with Crippen LogP contribution in [0.2, 0.25) is 0 Å². The van der Waals surface area contributed by atoms with Crippen molar-refractivity contribution in [3.63, 3.8) is 0 Å². The molecule has 2 aliphatic rings. The molecule has 0 saturated carbocycles. The summed E-state index contributed by atoms with van der Waals surface area (Å²) in [5.74, 6) is -0.424. The number of carbonyl (C=O) groups is 2. The second-order valence-electron chi connectivity index (χ2n) is 8.50. The van der Waals surface area contributed by atoms with Gasteiger partial charge in [-0.05, 0) is 59.5 Å². The lowest BCUT2D eigenvalue weighted by Crippen LogP contribution is -2.39. The highest BCUT2D eigenvalue weighted by atomic mass is 32.2. The molecule has 0 spiro atoms. The van der Waals surface area contributed by atoms with Crippen LogP contribution in [-0.2, 0) is 20.9 Å². The van der Waals surface area contributed by atoms with Crippen LogP contribution in [-0.4, -0.2) is 41.6 Å². The molecule has 0 aliphatic carbocycles. The molecule has 1 saturated heterocycles. The molecule has 34 heavy (non-hydrogen) atoms. The Morgan fingerprint density at radius 2 is 1.82 bits per heavy atom. The number of benzene rings is 3. The van der Waals surface area contributed by atoms with Gasteiger partial charge in [-0.3, -0.25) is 9.59 Å². The number of amides is 1. The van der Waals surface area contributed by atoms with E-state index in [1.165, 1.54) is 0 Å². The molecule has 7 heteroatoms. The highest BCUT2D eigenvalue weighted by molar-refractivity contribution is 7.99. The summed E-state index contributed by atoms with van der Waals surface area (Å²) in [6.07, 6.45) is 5.30. The number of carbonyl (C=O) groups excluding carboxylic acids is 1. The zero-order valence-corrected chi connectivity index (χ0v) is 19.4. The first-order valence-corrected chi connectivity index (χ1v) is 12.2. The standard InChI is InChI=1S/C27H25NO5S/c29-26(28-14-11-19(12-15-28)27(30)31)10-6-18-5-9-25(23-4-2-1-3-22(18)23)34-21-7-8-24-20(17-21)13-16-32-33-24/h1-10,17,19H,11-16H2,(H,30,31). The Kier molecular flexibility index (Phi) is 6.56. The number of carboxylic acid groups (broad SMARTS) is 1. The van der Waals surface area contributed by atoms with E-state index in [9.17, 15) is 9.59 Å². The van der Waals surface area contributed by atoms with Crippen molar-refractivity contribution in [2.45, 2.75) is 29.1 Å². The van der Waals surface area contributed by atoms with Gasteiger partial charge in [0.1, 0.15) is 0 Å². The molecule has 0 bridgehead atoms. The van der Waals surface area contributed by atoms with Crippen LogP contribution in [0.1, 0.15) is 24.0 Å². The number of likely N-dealkylation sites (tertiary alicyclic amines) is 1. The van der Waals surface area contributed by atoms with Crippen LogP contribution in [0.3, 0.4) is 0 Å². The maximum Gasteiger partial charge on any atom is 0.306 e. The Bertz CT molecular complexity index is 1260. The average Bonchev–Trinajstić information content (AvgIpc) is 2.88. The molecular weight excluding hydrogens is 450 g/mol. The van der Waals surface area contributed by atoms with E-state index in [1.807, 2.05) is 36.4 Å². The first-order valence-electron chi connectivity index (χ1n) is 11.4. The molecule has 3 aromatic rings. The maximum atomic E-state index is 12.7. The normalized spacial score (nSPS) is 16.4. The summed E-state index contributed by atoms with van der Waals surface area (Å²) in [4.78, 5) is 38.1. The summed E-state index contributed by atoms with van der Waals surface area (Å²) >= 11 is 1.70. The number of hydrogen-bond acceptors (Lipinski definition) is 5. The Morgan fingerprint density at radius 3 is 2.62 bits per heavy atom.